The Kier molecular flexibility index (Phi) is 4.40. The van der Waals surface area contributed by atoms with Gasteiger partial charge in [0.05, 0.1) is 9.82 Å². The lowest BCUT2D eigenvalue weighted by molar-refractivity contribution is -0.387. The molecular formula is C11H12BrFN2O4S. The van der Waals surface area contributed by atoms with Crippen molar-refractivity contribution in [2.45, 2.75) is 35.0 Å². The summed E-state index contributed by atoms with van der Waals surface area (Å²) in [4.78, 5) is 9.42. The Balaban J connectivity index is 2.30. The normalized spacial score (nSPS) is 22.9. The van der Waals surface area contributed by atoms with Gasteiger partial charge >= 0.3 is 5.69 Å². The number of rotatable bonds is 4. The van der Waals surface area contributed by atoms with E-state index in [1.807, 2.05) is 0 Å². The number of hydrogen-bond acceptors (Lipinski definition) is 4. The summed E-state index contributed by atoms with van der Waals surface area (Å²) in [5, 5.41) is 10.6. The fraction of sp³-hybridized carbons (Fsp3) is 0.455. The second-order valence-corrected chi connectivity index (χ2v) is 7.44. The molecule has 0 radical (unpaired) electrons. The van der Waals surface area contributed by atoms with Gasteiger partial charge in [0.25, 0.3) is 0 Å². The van der Waals surface area contributed by atoms with E-state index in [-0.39, 0.29) is 15.8 Å². The number of nitrogens with one attached hydrogen (secondary N) is 1. The van der Waals surface area contributed by atoms with E-state index in [2.05, 4.69) is 20.7 Å². The molecule has 6 nitrogen and oxygen atoms in total. The van der Waals surface area contributed by atoms with Crippen molar-refractivity contribution in [2.75, 3.05) is 0 Å². The minimum atomic E-state index is -3.90. The molecule has 0 amide bonds. The van der Waals surface area contributed by atoms with Crippen molar-refractivity contribution >= 4 is 31.6 Å². The lowest BCUT2D eigenvalue weighted by Gasteiger charge is -2.16. The predicted octanol–water partition coefficient (Wildman–Crippen LogP) is 2.33. The quantitative estimate of drug-likeness (QED) is 0.503. The summed E-state index contributed by atoms with van der Waals surface area (Å²) >= 11 is 3.38. The molecule has 0 aromatic heterocycles. The van der Waals surface area contributed by atoms with Crippen LogP contribution in [0.1, 0.15) is 19.3 Å². The Morgan fingerprint density at radius 2 is 2.10 bits per heavy atom. The van der Waals surface area contributed by atoms with E-state index in [0.717, 1.165) is 31.0 Å². The van der Waals surface area contributed by atoms with E-state index in [0.29, 0.717) is 6.42 Å². The van der Waals surface area contributed by atoms with Gasteiger partial charge in [0.15, 0.2) is 0 Å². The molecule has 0 saturated heterocycles. The van der Waals surface area contributed by atoms with Crippen molar-refractivity contribution in [3.63, 3.8) is 0 Å². The molecule has 0 heterocycles. The summed E-state index contributed by atoms with van der Waals surface area (Å²) in [6, 6.07) is 2.27. The summed E-state index contributed by atoms with van der Waals surface area (Å²) in [7, 11) is -3.90. The summed E-state index contributed by atoms with van der Waals surface area (Å²) in [5.41, 5.74) is -0.852. The summed E-state index contributed by atoms with van der Waals surface area (Å²) in [6.45, 7) is 0. The zero-order valence-corrected chi connectivity index (χ0v) is 12.7. The fourth-order valence-corrected chi connectivity index (χ4v) is 4.34. The molecule has 1 saturated carbocycles. The number of nitro benzene ring substituents is 1. The van der Waals surface area contributed by atoms with Crippen LogP contribution in [-0.2, 0) is 10.0 Å². The van der Waals surface area contributed by atoms with Crippen LogP contribution < -0.4 is 4.72 Å². The highest BCUT2D eigenvalue weighted by atomic mass is 79.9. The maximum atomic E-state index is 13.2. The smallest absolute Gasteiger partial charge is 0.258 e. The van der Waals surface area contributed by atoms with Crippen LogP contribution in [0.5, 0.6) is 0 Å². The molecule has 1 N–H and O–H groups in total. The number of halogens is 2. The van der Waals surface area contributed by atoms with Crippen molar-refractivity contribution in [2.24, 2.45) is 0 Å². The van der Waals surface area contributed by atoms with Gasteiger partial charge in [-0.3, -0.25) is 10.1 Å². The molecule has 1 aromatic carbocycles. The first-order valence-corrected chi connectivity index (χ1v) is 8.31. The van der Waals surface area contributed by atoms with E-state index in [1.165, 1.54) is 0 Å². The van der Waals surface area contributed by atoms with Gasteiger partial charge < -0.3 is 0 Å². The second kappa shape index (κ2) is 5.74. The number of benzene rings is 1. The largest absolute Gasteiger partial charge is 0.306 e. The summed E-state index contributed by atoms with van der Waals surface area (Å²) in [6.07, 6.45) is 2.45. The molecule has 110 valence electrons. The van der Waals surface area contributed by atoms with Crippen LogP contribution in [0.3, 0.4) is 0 Å². The lowest BCUT2D eigenvalue weighted by Crippen LogP contribution is -2.37. The van der Waals surface area contributed by atoms with Gasteiger partial charge in [-0.1, -0.05) is 22.4 Å². The zero-order valence-electron chi connectivity index (χ0n) is 10.3. The van der Waals surface area contributed by atoms with Gasteiger partial charge in [0.1, 0.15) is 0 Å². The molecule has 0 aliphatic heterocycles. The molecule has 2 unspecified atom stereocenters. The third-order valence-corrected chi connectivity index (χ3v) is 5.75. The monoisotopic (exact) mass is 366 g/mol. The summed E-state index contributed by atoms with van der Waals surface area (Å²) in [5.74, 6) is -1.06. The molecule has 20 heavy (non-hydrogen) atoms. The molecule has 2 rings (SSSR count). The van der Waals surface area contributed by atoms with Crippen molar-refractivity contribution in [3.05, 3.63) is 34.1 Å². The van der Waals surface area contributed by atoms with Crippen molar-refractivity contribution in [1.29, 1.82) is 0 Å². The first-order valence-electron chi connectivity index (χ1n) is 5.91. The predicted molar refractivity (Wildman–Crippen MR) is 73.7 cm³/mol. The van der Waals surface area contributed by atoms with Gasteiger partial charge in [-0.25, -0.2) is 13.1 Å². The van der Waals surface area contributed by atoms with E-state index in [4.69, 9.17) is 0 Å². The van der Waals surface area contributed by atoms with Crippen LogP contribution >= 0.6 is 15.9 Å². The third-order valence-electron chi connectivity index (χ3n) is 3.16. The van der Waals surface area contributed by atoms with Crippen LogP contribution in [0.25, 0.3) is 0 Å². The maximum absolute atomic E-state index is 13.2. The van der Waals surface area contributed by atoms with E-state index >= 15 is 0 Å². The van der Waals surface area contributed by atoms with Gasteiger partial charge in [-0.05, 0) is 25.0 Å². The molecular weight excluding hydrogens is 355 g/mol. The Morgan fingerprint density at radius 1 is 1.40 bits per heavy atom. The highest BCUT2D eigenvalue weighted by Crippen LogP contribution is 2.28. The van der Waals surface area contributed by atoms with E-state index in [1.54, 1.807) is 0 Å². The maximum Gasteiger partial charge on any atom is 0.306 e. The topological polar surface area (TPSA) is 89.3 Å². The molecule has 9 heteroatoms. The number of nitrogens with zero attached hydrogens (tertiary/aromatic N) is 1. The van der Waals surface area contributed by atoms with Crippen LogP contribution in [0.15, 0.2) is 23.1 Å². The van der Waals surface area contributed by atoms with Crippen molar-refractivity contribution in [3.8, 4) is 0 Å². The first kappa shape index (κ1) is 15.3. The average Bonchev–Trinajstić information content (AvgIpc) is 2.74. The number of alkyl halides is 1. The van der Waals surface area contributed by atoms with Crippen LogP contribution in [-0.4, -0.2) is 24.2 Å². The molecule has 2 atom stereocenters. The summed E-state index contributed by atoms with van der Waals surface area (Å²) < 4.78 is 40.0. The van der Waals surface area contributed by atoms with Crippen LogP contribution in [0, 0.1) is 15.9 Å². The Bertz CT molecular complexity index is 637. The number of sulfonamides is 1. The highest BCUT2D eigenvalue weighted by Gasteiger charge is 2.30. The Labute approximate surface area is 123 Å². The number of hydrogen-bond donors (Lipinski definition) is 1. The SMILES string of the molecule is O=[N+]([O-])c1cc(S(=O)(=O)NC2CCCC2Br)ccc1F. The fourth-order valence-electron chi connectivity index (χ4n) is 2.11. The van der Waals surface area contributed by atoms with Crippen molar-refractivity contribution < 1.29 is 17.7 Å². The molecule has 1 fully saturated rings. The van der Waals surface area contributed by atoms with E-state index < -0.39 is 26.5 Å². The minimum Gasteiger partial charge on any atom is -0.258 e. The van der Waals surface area contributed by atoms with Gasteiger partial charge in [-0.15, -0.1) is 0 Å². The van der Waals surface area contributed by atoms with Crippen LogP contribution in [0.2, 0.25) is 0 Å². The van der Waals surface area contributed by atoms with Gasteiger partial charge in [-0.2, -0.15) is 4.39 Å². The van der Waals surface area contributed by atoms with Crippen molar-refractivity contribution in [1.82, 2.24) is 4.72 Å². The highest BCUT2D eigenvalue weighted by molar-refractivity contribution is 9.09. The Hall–Kier alpha value is -1.06. The van der Waals surface area contributed by atoms with E-state index in [9.17, 15) is 22.9 Å². The third kappa shape index (κ3) is 3.15. The van der Waals surface area contributed by atoms with Gasteiger partial charge in [0, 0.05) is 16.9 Å². The molecule has 0 bridgehead atoms. The Morgan fingerprint density at radius 3 is 2.65 bits per heavy atom. The number of nitro groups is 1. The van der Waals surface area contributed by atoms with Gasteiger partial charge in [0.2, 0.25) is 15.8 Å². The molecule has 0 spiro atoms. The first-order chi connectivity index (χ1) is 9.31. The molecule has 1 aliphatic rings. The lowest BCUT2D eigenvalue weighted by atomic mass is 10.3. The van der Waals surface area contributed by atoms with Crippen LogP contribution in [0.4, 0.5) is 10.1 Å². The average molecular weight is 367 g/mol. The standard InChI is InChI=1S/C11H12BrFN2O4S/c12-8-2-1-3-10(8)14-20(18,19)7-4-5-9(13)11(6-7)15(16)17/h4-6,8,10,14H,1-3H2. The minimum absolute atomic E-state index is 0.0349. The second-order valence-electron chi connectivity index (χ2n) is 4.55. The zero-order chi connectivity index (χ0) is 14.9. The molecule has 1 aromatic rings. The molecule has 1 aliphatic carbocycles.